The van der Waals surface area contributed by atoms with E-state index in [9.17, 15) is 22.8 Å². The smallest absolute Gasteiger partial charge is 0.404 e. The first-order valence-corrected chi connectivity index (χ1v) is 6.07. The molecule has 2 atom stereocenters. The maximum Gasteiger partial charge on any atom is 0.404 e. The lowest BCUT2D eigenvalue weighted by Crippen LogP contribution is -2.38. The number of halogens is 3. The molecule has 110 valence electrons. The van der Waals surface area contributed by atoms with Crippen LogP contribution in [0.1, 0.15) is 25.7 Å². The van der Waals surface area contributed by atoms with E-state index in [2.05, 4.69) is 10.1 Å². The number of carbonyl (C=O) groups is 2. The van der Waals surface area contributed by atoms with Crippen LogP contribution < -0.4 is 11.1 Å². The molecule has 5 nitrogen and oxygen atoms in total. The number of alkyl halides is 3. The largest absolute Gasteiger partial charge is 0.448 e. The molecule has 0 aromatic carbocycles. The van der Waals surface area contributed by atoms with Crippen molar-refractivity contribution in [3.05, 3.63) is 0 Å². The molecule has 0 spiro atoms. The van der Waals surface area contributed by atoms with E-state index < -0.39 is 30.0 Å². The Kier molecular flexibility index (Phi) is 5.44. The van der Waals surface area contributed by atoms with Gasteiger partial charge in [0, 0.05) is 5.92 Å². The number of carbonyl (C=O) groups excluding carboxylic acids is 2. The van der Waals surface area contributed by atoms with E-state index >= 15 is 0 Å². The van der Waals surface area contributed by atoms with Crippen LogP contribution >= 0.6 is 0 Å². The van der Waals surface area contributed by atoms with Crippen LogP contribution in [-0.4, -0.2) is 31.3 Å². The van der Waals surface area contributed by atoms with E-state index in [-0.39, 0.29) is 26.0 Å². The van der Waals surface area contributed by atoms with E-state index in [1.165, 1.54) is 0 Å². The van der Waals surface area contributed by atoms with Gasteiger partial charge in [0.2, 0.25) is 5.91 Å². The molecule has 1 saturated carbocycles. The van der Waals surface area contributed by atoms with Gasteiger partial charge >= 0.3 is 12.3 Å². The van der Waals surface area contributed by atoms with Gasteiger partial charge < -0.3 is 15.8 Å². The highest BCUT2D eigenvalue weighted by atomic mass is 19.4. The first-order chi connectivity index (χ1) is 8.80. The Morgan fingerprint density at radius 3 is 2.58 bits per heavy atom. The summed E-state index contributed by atoms with van der Waals surface area (Å²) in [4.78, 5) is 21.9. The number of hydrogen-bond donors (Lipinski definition) is 2. The Morgan fingerprint density at radius 2 is 2.00 bits per heavy atom. The van der Waals surface area contributed by atoms with Gasteiger partial charge in [0.25, 0.3) is 0 Å². The monoisotopic (exact) mass is 282 g/mol. The molecular weight excluding hydrogens is 265 g/mol. The number of rotatable bonds is 4. The van der Waals surface area contributed by atoms with Crippen LogP contribution in [0.3, 0.4) is 0 Å². The molecule has 19 heavy (non-hydrogen) atoms. The van der Waals surface area contributed by atoms with Gasteiger partial charge in [0.05, 0.1) is 12.5 Å². The molecule has 1 rings (SSSR count). The average Bonchev–Trinajstić information content (AvgIpc) is 2.33. The third-order valence-electron chi connectivity index (χ3n) is 3.15. The summed E-state index contributed by atoms with van der Waals surface area (Å²) in [6, 6.07) is 0. The van der Waals surface area contributed by atoms with Crippen LogP contribution in [0.2, 0.25) is 0 Å². The molecule has 1 fully saturated rings. The van der Waals surface area contributed by atoms with E-state index in [0.29, 0.717) is 12.8 Å². The van der Waals surface area contributed by atoms with Crippen molar-refractivity contribution in [3.63, 3.8) is 0 Å². The van der Waals surface area contributed by atoms with Crippen molar-refractivity contribution in [1.82, 2.24) is 5.32 Å². The molecule has 8 heteroatoms. The number of nitrogens with one attached hydrogen (secondary N) is 1. The molecule has 1 aliphatic rings. The van der Waals surface area contributed by atoms with E-state index in [4.69, 9.17) is 5.73 Å². The molecule has 0 aromatic heterocycles. The third kappa shape index (κ3) is 5.35. The first kappa shape index (κ1) is 15.6. The maximum absolute atomic E-state index is 12.6. The number of nitrogens with two attached hydrogens (primary N) is 1. The van der Waals surface area contributed by atoms with Gasteiger partial charge in [-0.2, -0.15) is 13.2 Å². The van der Waals surface area contributed by atoms with Gasteiger partial charge in [0.1, 0.15) is 6.61 Å². The molecule has 0 saturated heterocycles. The molecule has 1 aliphatic carbocycles. The minimum atomic E-state index is -4.24. The van der Waals surface area contributed by atoms with Crippen molar-refractivity contribution in [2.75, 3.05) is 13.2 Å². The molecule has 0 heterocycles. The number of amides is 2. The minimum absolute atomic E-state index is 0.0506. The summed E-state index contributed by atoms with van der Waals surface area (Å²) in [6.45, 7) is -0.0363. The van der Waals surface area contributed by atoms with Gasteiger partial charge in [-0.25, -0.2) is 4.79 Å². The zero-order valence-corrected chi connectivity index (χ0v) is 10.3. The van der Waals surface area contributed by atoms with Crippen molar-refractivity contribution in [3.8, 4) is 0 Å². The fraction of sp³-hybridized carbons (Fsp3) is 0.818. The van der Waals surface area contributed by atoms with Gasteiger partial charge in [-0.1, -0.05) is 6.42 Å². The van der Waals surface area contributed by atoms with Crippen LogP contribution in [0.15, 0.2) is 0 Å². The summed E-state index contributed by atoms with van der Waals surface area (Å²) in [6.07, 6.45) is -4.45. The zero-order chi connectivity index (χ0) is 14.5. The van der Waals surface area contributed by atoms with Crippen molar-refractivity contribution in [2.45, 2.75) is 31.9 Å². The quantitative estimate of drug-likeness (QED) is 0.768. The highest BCUT2D eigenvalue weighted by Crippen LogP contribution is 2.39. The Balaban J connectivity index is 2.34. The highest BCUT2D eigenvalue weighted by Gasteiger charge is 2.43. The Bertz CT molecular complexity index is 334. The summed E-state index contributed by atoms with van der Waals surface area (Å²) >= 11 is 0. The Hall–Kier alpha value is -1.47. The summed E-state index contributed by atoms with van der Waals surface area (Å²) in [7, 11) is 0. The zero-order valence-electron chi connectivity index (χ0n) is 10.3. The second-order valence-electron chi connectivity index (χ2n) is 4.56. The molecule has 0 unspecified atom stereocenters. The number of hydrogen-bond acceptors (Lipinski definition) is 3. The molecular formula is C11H17F3N2O3. The fourth-order valence-corrected chi connectivity index (χ4v) is 2.20. The molecule has 3 N–H and O–H groups in total. The fourth-order valence-electron chi connectivity index (χ4n) is 2.20. The van der Waals surface area contributed by atoms with E-state index in [1.54, 1.807) is 0 Å². The lowest BCUT2D eigenvalue weighted by Gasteiger charge is -2.29. The van der Waals surface area contributed by atoms with Crippen molar-refractivity contribution >= 4 is 12.0 Å². The van der Waals surface area contributed by atoms with Gasteiger partial charge in [-0.3, -0.25) is 4.79 Å². The van der Waals surface area contributed by atoms with E-state index in [1.807, 2.05) is 0 Å². The summed E-state index contributed by atoms with van der Waals surface area (Å²) in [5.41, 5.74) is 4.72. The highest BCUT2D eigenvalue weighted by molar-refractivity contribution is 5.78. The second-order valence-corrected chi connectivity index (χ2v) is 4.56. The van der Waals surface area contributed by atoms with E-state index in [0.717, 1.165) is 0 Å². The van der Waals surface area contributed by atoms with Crippen molar-refractivity contribution in [2.24, 2.45) is 17.6 Å². The Labute approximate surface area is 108 Å². The molecule has 0 aliphatic heterocycles. The number of ether oxygens (including phenoxy) is 1. The second kappa shape index (κ2) is 6.63. The van der Waals surface area contributed by atoms with Crippen LogP contribution in [0.25, 0.3) is 0 Å². The van der Waals surface area contributed by atoms with Gasteiger partial charge in [-0.05, 0) is 19.3 Å². The van der Waals surface area contributed by atoms with Crippen molar-refractivity contribution in [1.29, 1.82) is 0 Å². The lowest BCUT2D eigenvalue weighted by atomic mass is 9.80. The average molecular weight is 282 g/mol. The summed E-state index contributed by atoms with van der Waals surface area (Å²) in [5.74, 6) is -2.46. The predicted molar refractivity (Wildman–Crippen MR) is 60.0 cm³/mol. The summed E-state index contributed by atoms with van der Waals surface area (Å²) in [5, 5.41) is 2.44. The summed E-state index contributed by atoms with van der Waals surface area (Å²) < 4.78 is 42.1. The number of primary amides is 1. The Morgan fingerprint density at radius 1 is 1.32 bits per heavy atom. The molecule has 0 radical (unpaired) electrons. The van der Waals surface area contributed by atoms with Crippen LogP contribution in [0, 0.1) is 11.8 Å². The molecule has 0 aromatic rings. The third-order valence-corrected chi connectivity index (χ3v) is 3.15. The van der Waals surface area contributed by atoms with Crippen LogP contribution in [-0.2, 0) is 9.53 Å². The standard InChI is InChI=1S/C11H17F3N2O3/c12-11(13,14)8-3-1-2-7(6-8)9(17)16-4-5-19-10(15)18/h7-8H,1-6H2,(H2,15,18)(H,16,17)/t7-,8-/m0/s1. The predicted octanol–water partition coefficient (Wildman–Crippen LogP) is 1.57. The van der Waals surface area contributed by atoms with Crippen molar-refractivity contribution < 1.29 is 27.5 Å². The topological polar surface area (TPSA) is 81.4 Å². The molecule has 2 amide bonds. The maximum atomic E-state index is 12.6. The normalized spacial score (nSPS) is 23.7. The van der Waals surface area contributed by atoms with Gasteiger partial charge in [0.15, 0.2) is 0 Å². The SMILES string of the molecule is NC(=O)OCCNC(=O)[C@H]1CCC[C@H](C(F)(F)F)C1. The van der Waals surface area contributed by atoms with Crippen LogP contribution in [0.4, 0.5) is 18.0 Å². The first-order valence-electron chi connectivity index (χ1n) is 6.07. The van der Waals surface area contributed by atoms with Crippen LogP contribution in [0.5, 0.6) is 0 Å². The minimum Gasteiger partial charge on any atom is -0.448 e. The lowest BCUT2D eigenvalue weighted by molar-refractivity contribution is -0.186. The molecule has 0 bridgehead atoms. The van der Waals surface area contributed by atoms with Gasteiger partial charge in [-0.15, -0.1) is 0 Å².